The normalized spacial score (nSPS) is 15.6. The van der Waals surface area contributed by atoms with Crippen molar-refractivity contribution in [3.63, 3.8) is 0 Å². The van der Waals surface area contributed by atoms with Crippen LogP contribution in [0.1, 0.15) is 46.3 Å². The third kappa shape index (κ3) is 2.93. The standard InChI is InChI=1S/C19H16O5/c1-11(20)24-17-10-15-13(7-8-14(15)19(22)23)9-16(17)18(21)12-5-3-2-4-6-12/h2-6,9-10,14H,7-8H2,1H3,(H,22,23). The minimum atomic E-state index is -0.912. The molecule has 24 heavy (non-hydrogen) atoms. The van der Waals surface area contributed by atoms with Crippen molar-refractivity contribution in [3.8, 4) is 5.75 Å². The van der Waals surface area contributed by atoms with Crippen LogP contribution < -0.4 is 4.74 Å². The molecule has 2 aromatic rings. The number of carbonyl (C=O) groups excluding carboxylic acids is 2. The predicted molar refractivity (Wildman–Crippen MR) is 86.3 cm³/mol. The zero-order valence-electron chi connectivity index (χ0n) is 13.1. The molecule has 0 saturated heterocycles. The van der Waals surface area contributed by atoms with Gasteiger partial charge in [-0.15, -0.1) is 0 Å². The molecule has 0 radical (unpaired) electrons. The average Bonchev–Trinajstić information content (AvgIpc) is 2.96. The summed E-state index contributed by atoms with van der Waals surface area (Å²) in [5.74, 6) is -2.24. The zero-order valence-corrected chi connectivity index (χ0v) is 13.1. The third-order valence-electron chi connectivity index (χ3n) is 4.15. The highest BCUT2D eigenvalue weighted by molar-refractivity contribution is 6.11. The molecule has 0 spiro atoms. The molecular formula is C19H16O5. The molecule has 2 aromatic carbocycles. The summed E-state index contributed by atoms with van der Waals surface area (Å²) < 4.78 is 5.19. The number of carboxylic acids is 1. The Morgan fingerprint density at radius 1 is 1.12 bits per heavy atom. The topological polar surface area (TPSA) is 80.7 Å². The maximum absolute atomic E-state index is 12.8. The van der Waals surface area contributed by atoms with Crippen LogP contribution >= 0.6 is 0 Å². The van der Waals surface area contributed by atoms with E-state index in [-0.39, 0.29) is 17.1 Å². The van der Waals surface area contributed by atoms with Crippen molar-refractivity contribution in [1.29, 1.82) is 0 Å². The van der Waals surface area contributed by atoms with E-state index in [1.54, 1.807) is 30.3 Å². The molecule has 1 aliphatic carbocycles. The van der Waals surface area contributed by atoms with Crippen LogP contribution in [-0.4, -0.2) is 22.8 Å². The Morgan fingerprint density at radius 3 is 2.46 bits per heavy atom. The Bertz CT molecular complexity index is 823. The van der Waals surface area contributed by atoms with Crippen molar-refractivity contribution in [2.45, 2.75) is 25.7 Å². The SMILES string of the molecule is CC(=O)Oc1cc2c(cc1C(=O)c1ccccc1)CCC2C(=O)O. The number of ketones is 1. The number of carboxylic acid groups (broad SMARTS) is 1. The Morgan fingerprint density at radius 2 is 1.83 bits per heavy atom. The minimum absolute atomic E-state index is 0.114. The van der Waals surface area contributed by atoms with Gasteiger partial charge in [0.2, 0.25) is 0 Å². The van der Waals surface area contributed by atoms with E-state index in [4.69, 9.17) is 4.74 Å². The summed E-state index contributed by atoms with van der Waals surface area (Å²) in [4.78, 5) is 35.5. The fraction of sp³-hybridized carbons (Fsp3) is 0.211. The maximum atomic E-state index is 12.8. The van der Waals surface area contributed by atoms with E-state index in [2.05, 4.69) is 0 Å². The average molecular weight is 324 g/mol. The number of benzene rings is 2. The van der Waals surface area contributed by atoms with Crippen LogP contribution in [0.5, 0.6) is 5.75 Å². The molecule has 1 aliphatic rings. The van der Waals surface area contributed by atoms with Gasteiger partial charge in [-0.3, -0.25) is 14.4 Å². The van der Waals surface area contributed by atoms with Crippen molar-refractivity contribution in [3.05, 3.63) is 64.7 Å². The monoisotopic (exact) mass is 324 g/mol. The molecule has 0 aliphatic heterocycles. The summed E-state index contributed by atoms with van der Waals surface area (Å²) >= 11 is 0. The molecule has 122 valence electrons. The largest absolute Gasteiger partial charge is 0.481 e. The van der Waals surface area contributed by atoms with E-state index in [1.807, 2.05) is 6.07 Å². The second-order valence-electron chi connectivity index (χ2n) is 5.77. The fourth-order valence-corrected chi connectivity index (χ4v) is 3.05. The van der Waals surface area contributed by atoms with Crippen LogP contribution in [0.3, 0.4) is 0 Å². The molecule has 0 amide bonds. The van der Waals surface area contributed by atoms with Gasteiger partial charge in [0.15, 0.2) is 5.78 Å². The van der Waals surface area contributed by atoms with Gasteiger partial charge >= 0.3 is 11.9 Å². The lowest BCUT2D eigenvalue weighted by Crippen LogP contribution is -2.12. The number of esters is 1. The third-order valence-corrected chi connectivity index (χ3v) is 4.15. The van der Waals surface area contributed by atoms with Crippen molar-refractivity contribution in [2.24, 2.45) is 0 Å². The highest BCUT2D eigenvalue weighted by Gasteiger charge is 2.31. The molecule has 0 saturated carbocycles. The second kappa shape index (κ2) is 6.28. The molecule has 0 bridgehead atoms. The van der Waals surface area contributed by atoms with Gasteiger partial charge in [0, 0.05) is 12.5 Å². The molecule has 1 N–H and O–H groups in total. The molecule has 0 fully saturated rings. The Labute approximate surface area is 138 Å². The first-order chi connectivity index (χ1) is 11.5. The van der Waals surface area contributed by atoms with E-state index < -0.39 is 17.9 Å². The van der Waals surface area contributed by atoms with Crippen LogP contribution in [0.25, 0.3) is 0 Å². The highest BCUT2D eigenvalue weighted by Crippen LogP contribution is 2.38. The summed E-state index contributed by atoms with van der Waals surface area (Å²) in [6.45, 7) is 1.25. The lowest BCUT2D eigenvalue weighted by molar-refractivity contribution is -0.138. The van der Waals surface area contributed by atoms with Crippen molar-refractivity contribution >= 4 is 17.7 Å². The van der Waals surface area contributed by atoms with E-state index >= 15 is 0 Å². The number of carbonyl (C=O) groups is 3. The first kappa shape index (κ1) is 15.9. The zero-order chi connectivity index (χ0) is 17.3. The molecule has 0 heterocycles. The van der Waals surface area contributed by atoms with E-state index in [9.17, 15) is 19.5 Å². The summed E-state index contributed by atoms with van der Waals surface area (Å²) in [5, 5.41) is 9.31. The van der Waals surface area contributed by atoms with Crippen molar-refractivity contribution < 1.29 is 24.2 Å². The smallest absolute Gasteiger partial charge is 0.310 e. The van der Waals surface area contributed by atoms with Crippen molar-refractivity contribution in [2.75, 3.05) is 0 Å². The van der Waals surface area contributed by atoms with Gasteiger partial charge in [0.1, 0.15) is 5.75 Å². The Balaban J connectivity index is 2.10. The van der Waals surface area contributed by atoms with Crippen LogP contribution in [0, 0.1) is 0 Å². The van der Waals surface area contributed by atoms with Gasteiger partial charge in [0.25, 0.3) is 0 Å². The number of rotatable bonds is 4. The van der Waals surface area contributed by atoms with E-state index in [1.165, 1.54) is 13.0 Å². The van der Waals surface area contributed by atoms with Crippen LogP contribution in [0.15, 0.2) is 42.5 Å². The minimum Gasteiger partial charge on any atom is -0.481 e. The van der Waals surface area contributed by atoms with Crippen LogP contribution in [0.2, 0.25) is 0 Å². The molecule has 5 heteroatoms. The second-order valence-corrected chi connectivity index (χ2v) is 5.77. The quantitative estimate of drug-likeness (QED) is 0.531. The van der Waals surface area contributed by atoms with Crippen molar-refractivity contribution in [1.82, 2.24) is 0 Å². The number of ether oxygens (including phenoxy) is 1. The molecule has 5 nitrogen and oxygen atoms in total. The number of aliphatic carboxylic acids is 1. The highest BCUT2D eigenvalue weighted by atomic mass is 16.5. The first-order valence-electron chi connectivity index (χ1n) is 7.65. The molecule has 1 atom stereocenters. The molecule has 1 unspecified atom stereocenters. The van der Waals surface area contributed by atoms with Crippen LogP contribution in [-0.2, 0) is 16.0 Å². The number of aryl methyl sites for hydroxylation is 1. The van der Waals surface area contributed by atoms with Gasteiger partial charge < -0.3 is 9.84 Å². The first-order valence-corrected chi connectivity index (χ1v) is 7.65. The summed E-state index contributed by atoms with van der Waals surface area (Å²) in [6, 6.07) is 11.9. The van der Waals surface area contributed by atoms with Gasteiger partial charge in [-0.2, -0.15) is 0 Å². The number of hydrogen-bond donors (Lipinski definition) is 1. The summed E-state index contributed by atoms with van der Waals surface area (Å²) in [7, 11) is 0. The maximum Gasteiger partial charge on any atom is 0.310 e. The summed E-state index contributed by atoms with van der Waals surface area (Å²) in [5.41, 5.74) is 2.20. The van der Waals surface area contributed by atoms with E-state index in [0.29, 0.717) is 24.0 Å². The fourth-order valence-electron chi connectivity index (χ4n) is 3.05. The van der Waals surface area contributed by atoms with Crippen LogP contribution in [0.4, 0.5) is 0 Å². The number of fused-ring (bicyclic) bond motifs is 1. The predicted octanol–water partition coefficient (Wildman–Crippen LogP) is 2.96. The van der Waals surface area contributed by atoms with Gasteiger partial charge in [0.05, 0.1) is 11.5 Å². The van der Waals surface area contributed by atoms with Gasteiger partial charge in [-0.05, 0) is 36.1 Å². The molecular weight excluding hydrogens is 308 g/mol. The lowest BCUT2D eigenvalue weighted by atomic mass is 9.95. The Hall–Kier alpha value is -2.95. The Kier molecular flexibility index (Phi) is 4.16. The van der Waals surface area contributed by atoms with Gasteiger partial charge in [-0.25, -0.2) is 0 Å². The van der Waals surface area contributed by atoms with E-state index in [0.717, 1.165) is 5.56 Å². The number of hydrogen-bond acceptors (Lipinski definition) is 4. The molecule has 0 aromatic heterocycles. The lowest BCUT2D eigenvalue weighted by Gasteiger charge is -2.13. The van der Waals surface area contributed by atoms with Gasteiger partial charge in [-0.1, -0.05) is 30.3 Å². The summed E-state index contributed by atoms with van der Waals surface area (Å²) in [6.07, 6.45) is 1.06. The molecule has 3 rings (SSSR count).